The highest BCUT2D eigenvalue weighted by Crippen LogP contribution is 2.31. The third-order valence-corrected chi connectivity index (χ3v) is 3.28. The molecule has 1 aromatic rings. The summed E-state index contributed by atoms with van der Waals surface area (Å²) in [5.74, 6) is -0.888. The van der Waals surface area contributed by atoms with Crippen LogP contribution in [0, 0.1) is 0 Å². The van der Waals surface area contributed by atoms with Crippen molar-refractivity contribution in [2.45, 2.75) is 24.0 Å². The molecule has 0 heterocycles. The van der Waals surface area contributed by atoms with Gasteiger partial charge in [-0.1, -0.05) is 19.9 Å². The normalized spacial score (nSPS) is 10.6. The summed E-state index contributed by atoms with van der Waals surface area (Å²) >= 11 is 4.80. The van der Waals surface area contributed by atoms with E-state index in [-0.39, 0.29) is 0 Å². The minimum Gasteiger partial charge on any atom is -0.478 e. The Bertz CT molecular complexity index is 350. The summed E-state index contributed by atoms with van der Waals surface area (Å²) in [6, 6.07) is 5.42. The number of hydrogen-bond donors (Lipinski definition) is 1. The Labute approximate surface area is 95.8 Å². The number of carboxylic acids is 1. The van der Waals surface area contributed by atoms with Crippen molar-refractivity contribution in [3.05, 3.63) is 28.2 Å². The molecule has 0 aliphatic rings. The van der Waals surface area contributed by atoms with E-state index >= 15 is 0 Å². The number of carbonyl (C=O) groups is 1. The van der Waals surface area contributed by atoms with Crippen LogP contribution in [0.3, 0.4) is 0 Å². The topological polar surface area (TPSA) is 37.3 Å². The molecule has 4 heteroatoms. The van der Waals surface area contributed by atoms with E-state index in [2.05, 4.69) is 15.9 Å². The first kappa shape index (κ1) is 11.6. The minimum atomic E-state index is -0.888. The summed E-state index contributed by atoms with van der Waals surface area (Å²) in [5, 5.41) is 9.39. The van der Waals surface area contributed by atoms with Gasteiger partial charge in [-0.15, -0.1) is 11.8 Å². The van der Waals surface area contributed by atoms with Gasteiger partial charge in [0.25, 0.3) is 0 Å². The van der Waals surface area contributed by atoms with Crippen molar-refractivity contribution in [3.8, 4) is 0 Å². The zero-order valence-corrected chi connectivity index (χ0v) is 10.4. The molecule has 1 rings (SSSR count). The molecule has 0 aromatic heterocycles. The van der Waals surface area contributed by atoms with E-state index in [4.69, 9.17) is 5.11 Å². The van der Waals surface area contributed by atoms with Crippen molar-refractivity contribution in [2.75, 3.05) is 0 Å². The fourth-order valence-corrected chi connectivity index (χ4v) is 2.71. The average molecular weight is 275 g/mol. The second kappa shape index (κ2) is 4.84. The van der Waals surface area contributed by atoms with Gasteiger partial charge in [0.1, 0.15) is 0 Å². The SMILES string of the molecule is CC(C)Sc1cccc(Br)c1C(=O)O. The molecule has 0 spiro atoms. The van der Waals surface area contributed by atoms with Gasteiger partial charge < -0.3 is 5.11 Å². The Morgan fingerprint density at radius 2 is 2.14 bits per heavy atom. The Morgan fingerprint density at radius 3 is 2.64 bits per heavy atom. The van der Waals surface area contributed by atoms with Gasteiger partial charge in [-0.05, 0) is 28.1 Å². The molecule has 1 aromatic carbocycles. The second-order valence-electron chi connectivity index (χ2n) is 3.08. The maximum Gasteiger partial charge on any atom is 0.337 e. The lowest BCUT2D eigenvalue weighted by Gasteiger charge is -2.09. The van der Waals surface area contributed by atoms with E-state index in [9.17, 15) is 4.79 Å². The molecule has 1 N–H and O–H groups in total. The maximum absolute atomic E-state index is 11.0. The van der Waals surface area contributed by atoms with Crippen LogP contribution in [0.4, 0.5) is 0 Å². The molecule has 14 heavy (non-hydrogen) atoms. The smallest absolute Gasteiger partial charge is 0.337 e. The molecule has 0 aliphatic carbocycles. The van der Waals surface area contributed by atoms with Crippen LogP contribution in [0.2, 0.25) is 0 Å². The van der Waals surface area contributed by atoms with Crippen molar-refractivity contribution in [1.82, 2.24) is 0 Å². The van der Waals surface area contributed by atoms with Crippen molar-refractivity contribution in [1.29, 1.82) is 0 Å². The number of aromatic carboxylic acids is 1. The Hall–Kier alpha value is -0.480. The Morgan fingerprint density at radius 1 is 1.50 bits per heavy atom. The van der Waals surface area contributed by atoms with Crippen LogP contribution >= 0.6 is 27.7 Å². The fourth-order valence-electron chi connectivity index (χ4n) is 1.06. The van der Waals surface area contributed by atoms with Gasteiger partial charge in [-0.2, -0.15) is 0 Å². The first-order chi connectivity index (χ1) is 6.52. The largest absolute Gasteiger partial charge is 0.478 e. The highest BCUT2D eigenvalue weighted by molar-refractivity contribution is 9.10. The van der Waals surface area contributed by atoms with Crippen LogP contribution in [0.5, 0.6) is 0 Å². The van der Waals surface area contributed by atoms with Crippen LogP contribution in [0.15, 0.2) is 27.6 Å². The van der Waals surface area contributed by atoms with Crippen LogP contribution in [0.25, 0.3) is 0 Å². The number of thioether (sulfide) groups is 1. The van der Waals surface area contributed by atoms with Gasteiger partial charge in [0.2, 0.25) is 0 Å². The van der Waals surface area contributed by atoms with Gasteiger partial charge in [-0.25, -0.2) is 4.79 Å². The molecule has 2 nitrogen and oxygen atoms in total. The van der Waals surface area contributed by atoms with Crippen LogP contribution in [0.1, 0.15) is 24.2 Å². The van der Waals surface area contributed by atoms with Crippen molar-refractivity contribution >= 4 is 33.7 Å². The molecule has 0 radical (unpaired) electrons. The first-order valence-corrected chi connectivity index (χ1v) is 5.88. The number of hydrogen-bond acceptors (Lipinski definition) is 2. The first-order valence-electron chi connectivity index (χ1n) is 4.21. The molecular formula is C10H11BrO2S. The quantitative estimate of drug-likeness (QED) is 0.855. The van der Waals surface area contributed by atoms with E-state index in [0.717, 1.165) is 4.90 Å². The van der Waals surface area contributed by atoms with Crippen LogP contribution in [-0.2, 0) is 0 Å². The monoisotopic (exact) mass is 274 g/mol. The van der Waals surface area contributed by atoms with Crippen molar-refractivity contribution in [3.63, 3.8) is 0 Å². The maximum atomic E-state index is 11.0. The standard InChI is InChI=1S/C10H11BrO2S/c1-6(2)14-8-5-3-4-7(11)9(8)10(12)13/h3-6H,1-2H3,(H,12,13). The molecule has 0 fully saturated rings. The Balaban J connectivity index is 3.14. The summed E-state index contributed by atoms with van der Waals surface area (Å²) in [6.45, 7) is 4.08. The van der Waals surface area contributed by atoms with Gasteiger partial charge in [-0.3, -0.25) is 0 Å². The number of rotatable bonds is 3. The molecule has 0 saturated heterocycles. The molecule has 0 saturated carbocycles. The van der Waals surface area contributed by atoms with Gasteiger partial charge in [0, 0.05) is 14.6 Å². The van der Waals surface area contributed by atoms with Crippen LogP contribution < -0.4 is 0 Å². The third kappa shape index (κ3) is 2.75. The lowest BCUT2D eigenvalue weighted by molar-refractivity contribution is 0.0692. The predicted molar refractivity (Wildman–Crippen MR) is 62.1 cm³/mol. The molecule has 0 unspecified atom stereocenters. The third-order valence-electron chi connectivity index (χ3n) is 1.55. The number of benzene rings is 1. The Kier molecular flexibility index (Phi) is 4.01. The minimum absolute atomic E-state index is 0.353. The van der Waals surface area contributed by atoms with Gasteiger partial charge in [0.05, 0.1) is 5.56 Å². The van der Waals surface area contributed by atoms with E-state index in [1.807, 2.05) is 26.0 Å². The van der Waals surface area contributed by atoms with Crippen LogP contribution in [-0.4, -0.2) is 16.3 Å². The van der Waals surface area contributed by atoms with E-state index in [1.165, 1.54) is 0 Å². The highest BCUT2D eigenvalue weighted by atomic mass is 79.9. The zero-order chi connectivity index (χ0) is 10.7. The van der Waals surface area contributed by atoms with E-state index in [0.29, 0.717) is 15.3 Å². The summed E-state index contributed by atoms with van der Waals surface area (Å²) in [4.78, 5) is 11.8. The molecule has 76 valence electrons. The number of carboxylic acid groups (broad SMARTS) is 1. The molecule has 0 amide bonds. The van der Waals surface area contributed by atoms with Crippen molar-refractivity contribution < 1.29 is 9.90 Å². The van der Waals surface area contributed by atoms with Gasteiger partial charge >= 0.3 is 5.97 Å². The lowest BCUT2D eigenvalue weighted by Crippen LogP contribution is -2.01. The average Bonchev–Trinajstić information content (AvgIpc) is 2.01. The van der Waals surface area contributed by atoms with Crippen molar-refractivity contribution in [2.24, 2.45) is 0 Å². The zero-order valence-electron chi connectivity index (χ0n) is 7.95. The van der Waals surface area contributed by atoms with E-state index in [1.54, 1.807) is 17.8 Å². The molecule has 0 aliphatic heterocycles. The van der Waals surface area contributed by atoms with E-state index < -0.39 is 5.97 Å². The molecule has 0 bridgehead atoms. The summed E-state index contributed by atoms with van der Waals surface area (Å²) in [5.41, 5.74) is 0.353. The summed E-state index contributed by atoms with van der Waals surface area (Å²) < 4.78 is 0.635. The predicted octanol–water partition coefficient (Wildman–Crippen LogP) is 3.65. The molecular weight excluding hydrogens is 264 g/mol. The summed E-state index contributed by atoms with van der Waals surface area (Å²) in [7, 11) is 0. The highest BCUT2D eigenvalue weighted by Gasteiger charge is 2.14. The molecule has 0 atom stereocenters. The second-order valence-corrected chi connectivity index (χ2v) is 5.56. The fraction of sp³-hybridized carbons (Fsp3) is 0.300. The summed E-state index contributed by atoms with van der Waals surface area (Å²) in [6.07, 6.45) is 0. The van der Waals surface area contributed by atoms with Gasteiger partial charge in [0.15, 0.2) is 0 Å². The lowest BCUT2D eigenvalue weighted by atomic mass is 10.2. The number of halogens is 1.